The first-order valence-electron chi connectivity index (χ1n) is 8.48. The van der Waals surface area contributed by atoms with E-state index >= 15 is 0 Å². The summed E-state index contributed by atoms with van der Waals surface area (Å²) in [6, 6.07) is 1.36. The maximum atomic E-state index is 5.90. The Hall–Kier alpha value is -0.0800. The summed E-state index contributed by atoms with van der Waals surface area (Å²) in [5, 5.41) is 4.00. The first kappa shape index (κ1) is 13.9. The van der Waals surface area contributed by atoms with Gasteiger partial charge in [0.25, 0.3) is 0 Å². The van der Waals surface area contributed by atoms with Gasteiger partial charge in [-0.15, -0.1) is 0 Å². The van der Waals surface area contributed by atoms with Gasteiger partial charge >= 0.3 is 0 Å². The smallest absolute Gasteiger partial charge is 0.0685 e. The predicted octanol–water partition coefficient (Wildman–Crippen LogP) is 3.75. The van der Waals surface area contributed by atoms with Crippen LogP contribution in [0.4, 0.5) is 0 Å². The molecule has 0 aromatic carbocycles. The zero-order chi connectivity index (χ0) is 13.5. The molecule has 2 saturated carbocycles. The first-order valence-corrected chi connectivity index (χ1v) is 8.48. The Morgan fingerprint density at radius 1 is 1.05 bits per heavy atom. The van der Waals surface area contributed by atoms with Crippen LogP contribution in [0.5, 0.6) is 0 Å². The van der Waals surface area contributed by atoms with Crippen LogP contribution >= 0.6 is 0 Å². The van der Waals surface area contributed by atoms with Crippen molar-refractivity contribution in [3.63, 3.8) is 0 Å². The molecule has 1 N–H and O–H groups in total. The summed E-state index contributed by atoms with van der Waals surface area (Å²) in [4.78, 5) is 0. The van der Waals surface area contributed by atoms with Gasteiger partial charge in [-0.25, -0.2) is 0 Å². The molecule has 110 valence electrons. The van der Waals surface area contributed by atoms with E-state index in [4.69, 9.17) is 4.74 Å². The summed E-state index contributed by atoms with van der Waals surface area (Å²) in [6.45, 7) is 8.18. The summed E-state index contributed by atoms with van der Waals surface area (Å²) < 4.78 is 5.90. The number of rotatable bonds is 3. The number of hydrogen-bond donors (Lipinski definition) is 1. The fourth-order valence-electron chi connectivity index (χ4n) is 4.89. The van der Waals surface area contributed by atoms with Crippen molar-refractivity contribution in [3.8, 4) is 0 Å². The molecule has 3 rings (SSSR count). The lowest BCUT2D eigenvalue weighted by Crippen LogP contribution is -2.67. The van der Waals surface area contributed by atoms with Gasteiger partial charge in [-0.2, -0.15) is 0 Å². The van der Waals surface area contributed by atoms with Crippen LogP contribution in [0.2, 0.25) is 0 Å². The molecule has 3 aliphatic rings. The summed E-state index contributed by atoms with van der Waals surface area (Å²) in [5.41, 5.74) is 0.333. The SMILES string of the molecule is C[C@@H](NC1C2CCOC2C1(C)C)C1CCCCCC1. The van der Waals surface area contributed by atoms with Gasteiger partial charge in [0, 0.05) is 30.0 Å². The van der Waals surface area contributed by atoms with Crippen LogP contribution in [0.25, 0.3) is 0 Å². The van der Waals surface area contributed by atoms with E-state index in [1.807, 2.05) is 0 Å². The predicted molar refractivity (Wildman–Crippen MR) is 79.2 cm³/mol. The third-order valence-electron chi connectivity index (χ3n) is 6.15. The molecule has 0 aromatic heterocycles. The number of nitrogens with one attached hydrogen (secondary N) is 1. The Labute approximate surface area is 118 Å². The second-order valence-corrected chi connectivity index (χ2v) is 7.75. The highest BCUT2D eigenvalue weighted by Gasteiger charge is 2.59. The van der Waals surface area contributed by atoms with E-state index in [9.17, 15) is 0 Å². The molecular formula is C17H31NO. The molecule has 1 saturated heterocycles. The molecule has 0 aromatic rings. The van der Waals surface area contributed by atoms with Gasteiger partial charge in [-0.3, -0.25) is 0 Å². The molecule has 1 heterocycles. The molecule has 3 fully saturated rings. The third kappa shape index (κ3) is 2.47. The summed E-state index contributed by atoms with van der Waals surface area (Å²) >= 11 is 0. The van der Waals surface area contributed by atoms with Crippen molar-refractivity contribution in [2.45, 2.75) is 83.9 Å². The average molecular weight is 265 g/mol. The lowest BCUT2D eigenvalue weighted by molar-refractivity contribution is -0.116. The van der Waals surface area contributed by atoms with Gasteiger partial charge in [-0.05, 0) is 32.1 Å². The molecule has 19 heavy (non-hydrogen) atoms. The van der Waals surface area contributed by atoms with Crippen LogP contribution in [0, 0.1) is 17.3 Å². The van der Waals surface area contributed by atoms with Gasteiger partial charge in [0.05, 0.1) is 6.10 Å². The highest BCUT2D eigenvalue weighted by Crippen LogP contribution is 2.52. The van der Waals surface area contributed by atoms with Crippen molar-refractivity contribution < 1.29 is 4.74 Å². The maximum absolute atomic E-state index is 5.90. The lowest BCUT2D eigenvalue weighted by atomic mass is 9.57. The Balaban J connectivity index is 1.58. The van der Waals surface area contributed by atoms with Crippen LogP contribution < -0.4 is 5.32 Å². The van der Waals surface area contributed by atoms with Crippen molar-refractivity contribution in [1.29, 1.82) is 0 Å². The molecule has 4 atom stereocenters. The second kappa shape index (κ2) is 5.37. The molecule has 0 amide bonds. The number of ether oxygens (including phenoxy) is 1. The minimum Gasteiger partial charge on any atom is -0.377 e. The van der Waals surface area contributed by atoms with Crippen LogP contribution in [0.15, 0.2) is 0 Å². The standard InChI is InChI=1S/C17H31NO/c1-12(13-8-6-4-5-7-9-13)18-15-14-10-11-19-16(14)17(15,2)3/h12-16,18H,4-11H2,1-3H3/t12-,14?,15?,16?/m1/s1. The molecule has 2 heteroatoms. The second-order valence-electron chi connectivity index (χ2n) is 7.75. The van der Waals surface area contributed by atoms with Gasteiger partial charge in [0.2, 0.25) is 0 Å². The van der Waals surface area contributed by atoms with Gasteiger partial charge in [0.1, 0.15) is 0 Å². The first-order chi connectivity index (χ1) is 9.10. The highest BCUT2D eigenvalue weighted by atomic mass is 16.5. The molecule has 1 aliphatic heterocycles. The van der Waals surface area contributed by atoms with Gasteiger partial charge < -0.3 is 10.1 Å². The topological polar surface area (TPSA) is 21.3 Å². The fraction of sp³-hybridized carbons (Fsp3) is 1.00. The number of fused-ring (bicyclic) bond motifs is 1. The highest BCUT2D eigenvalue weighted by molar-refractivity contribution is 5.11. The monoisotopic (exact) mass is 265 g/mol. The minimum absolute atomic E-state index is 0.333. The molecule has 3 unspecified atom stereocenters. The van der Waals surface area contributed by atoms with Crippen molar-refractivity contribution in [1.82, 2.24) is 5.32 Å². The van der Waals surface area contributed by atoms with E-state index in [0.717, 1.165) is 18.4 Å². The van der Waals surface area contributed by atoms with Crippen molar-refractivity contribution >= 4 is 0 Å². The molecule has 0 spiro atoms. The Kier molecular flexibility index (Phi) is 3.92. The third-order valence-corrected chi connectivity index (χ3v) is 6.15. The van der Waals surface area contributed by atoms with Gasteiger partial charge in [0.15, 0.2) is 0 Å². The van der Waals surface area contributed by atoms with Crippen molar-refractivity contribution in [3.05, 3.63) is 0 Å². The fourth-order valence-corrected chi connectivity index (χ4v) is 4.89. The lowest BCUT2D eigenvalue weighted by Gasteiger charge is -2.56. The molecular weight excluding hydrogens is 234 g/mol. The zero-order valence-corrected chi connectivity index (χ0v) is 13.0. The Bertz CT molecular complexity index is 306. The molecule has 0 radical (unpaired) electrons. The van der Waals surface area contributed by atoms with E-state index in [0.29, 0.717) is 23.6 Å². The van der Waals surface area contributed by atoms with Crippen LogP contribution in [-0.4, -0.2) is 24.8 Å². The molecule has 0 bridgehead atoms. The Morgan fingerprint density at radius 2 is 1.74 bits per heavy atom. The van der Waals surface area contributed by atoms with E-state index in [2.05, 4.69) is 26.1 Å². The summed E-state index contributed by atoms with van der Waals surface area (Å²) in [6.07, 6.45) is 10.5. The van der Waals surface area contributed by atoms with Crippen LogP contribution in [0.3, 0.4) is 0 Å². The zero-order valence-electron chi connectivity index (χ0n) is 13.0. The van der Waals surface area contributed by atoms with E-state index in [-0.39, 0.29) is 0 Å². The van der Waals surface area contributed by atoms with E-state index in [1.165, 1.54) is 44.9 Å². The summed E-state index contributed by atoms with van der Waals surface area (Å²) in [7, 11) is 0. The normalized spacial score (nSPS) is 40.3. The van der Waals surface area contributed by atoms with Crippen molar-refractivity contribution in [2.75, 3.05) is 6.61 Å². The average Bonchev–Trinajstić information content (AvgIpc) is 2.66. The summed E-state index contributed by atoms with van der Waals surface area (Å²) in [5.74, 6) is 1.68. The minimum atomic E-state index is 0.333. The number of hydrogen-bond acceptors (Lipinski definition) is 2. The van der Waals surface area contributed by atoms with Crippen molar-refractivity contribution in [2.24, 2.45) is 17.3 Å². The Morgan fingerprint density at radius 3 is 2.42 bits per heavy atom. The molecule has 2 nitrogen and oxygen atoms in total. The van der Waals surface area contributed by atoms with E-state index in [1.54, 1.807) is 0 Å². The van der Waals surface area contributed by atoms with Crippen LogP contribution in [-0.2, 0) is 4.74 Å². The largest absolute Gasteiger partial charge is 0.377 e. The quantitative estimate of drug-likeness (QED) is 0.785. The maximum Gasteiger partial charge on any atom is 0.0685 e. The van der Waals surface area contributed by atoms with Crippen LogP contribution in [0.1, 0.15) is 65.7 Å². The van der Waals surface area contributed by atoms with E-state index < -0.39 is 0 Å². The molecule has 2 aliphatic carbocycles. The van der Waals surface area contributed by atoms with Gasteiger partial charge in [-0.1, -0.05) is 39.5 Å².